The van der Waals surface area contributed by atoms with E-state index in [1.54, 1.807) is 54.6 Å². The summed E-state index contributed by atoms with van der Waals surface area (Å²) in [5.74, 6) is 0.443. The van der Waals surface area contributed by atoms with Crippen LogP contribution in [0.5, 0.6) is 17.2 Å². The van der Waals surface area contributed by atoms with Crippen molar-refractivity contribution in [2.45, 2.75) is 25.7 Å². The number of phenolic OH excluding ortho intramolecular Hbond substituents is 1. The highest BCUT2D eigenvalue weighted by atomic mass is 16.7. The number of benzene rings is 2. The number of carbonyl (C=O) groups is 1. The highest BCUT2D eigenvalue weighted by molar-refractivity contribution is 5.87. The lowest BCUT2D eigenvalue weighted by Crippen LogP contribution is -2.20. The number of carbonyl (C=O) groups excluding carboxylic acids is 1. The molecule has 2 heterocycles. The Kier molecular flexibility index (Phi) is 5.58. The Hall–Kier alpha value is -3.49. The van der Waals surface area contributed by atoms with Crippen molar-refractivity contribution in [1.82, 2.24) is 9.97 Å². The van der Waals surface area contributed by atoms with Crippen molar-refractivity contribution in [3.05, 3.63) is 66.0 Å². The van der Waals surface area contributed by atoms with Crippen LogP contribution >= 0.6 is 0 Å². The van der Waals surface area contributed by atoms with Crippen LogP contribution in [0.1, 0.15) is 36.1 Å². The summed E-state index contributed by atoms with van der Waals surface area (Å²) in [7, 11) is 1.30. The van der Waals surface area contributed by atoms with Gasteiger partial charge in [-0.05, 0) is 68.4 Å². The van der Waals surface area contributed by atoms with Gasteiger partial charge in [0, 0.05) is 5.56 Å². The van der Waals surface area contributed by atoms with Gasteiger partial charge in [0.25, 0.3) is 0 Å². The summed E-state index contributed by atoms with van der Waals surface area (Å²) in [5.41, 5.74) is 1.38. The normalized spacial score (nSPS) is 17.3. The predicted molar refractivity (Wildman–Crippen MR) is 111 cm³/mol. The van der Waals surface area contributed by atoms with Crippen LogP contribution in [0.2, 0.25) is 0 Å². The van der Waals surface area contributed by atoms with Gasteiger partial charge in [-0.15, -0.1) is 0 Å². The molecule has 160 valence electrons. The number of aromatic hydroxyl groups is 1. The molecule has 0 aliphatic carbocycles. The molecule has 31 heavy (non-hydrogen) atoms. The fourth-order valence-electron chi connectivity index (χ4n) is 3.12. The fourth-order valence-corrected chi connectivity index (χ4v) is 3.12. The standard InChI is InChI=1S/C23H22N2O6/c1-23(2)29-13-20(31-23)18-12-19(22(27)28-3)25-21(24-18)14-4-8-16(9-5-14)30-17-10-6-15(26)7-11-17/h4-12,20,26H,13H2,1-3H3/t20-/m1/s1. The molecule has 0 bridgehead atoms. The van der Waals surface area contributed by atoms with Crippen LogP contribution in [0.3, 0.4) is 0 Å². The highest BCUT2D eigenvalue weighted by Crippen LogP contribution is 2.33. The number of phenols is 1. The SMILES string of the molecule is COC(=O)c1cc([C@H]2COC(C)(C)O2)nc(-c2ccc(Oc3ccc(O)cc3)cc2)n1. The third-order valence-corrected chi connectivity index (χ3v) is 4.66. The third-order valence-electron chi connectivity index (χ3n) is 4.66. The van der Waals surface area contributed by atoms with Crippen molar-refractivity contribution in [2.24, 2.45) is 0 Å². The van der Waals surface area contributed by atoms with Crippen molar-refractivity contribution < 1.29 is 28.8 Å². The number of ether oxygens (including phenoxy) is 4. The molecule has 0 unspecified atom stereocenters. The Bertz CT molecular complexity index is 1080. The highest BCUT2D eigenvalue weighted by Gasteiger charge is 2.35. The minimum Gasteiger partial charge on any atom is -0.508 e. The predicted octanol–water partition coefficient (Wildman–Crippen LogP) is 4.25. The van der Waals surface area contributed by atoms with Gasteiger partial charge in [-0.3, -0.25) is 0 Å². The smallest absolute Gasteiger partial charge is 0.356 e. The van der Waals surface area contributed by atoms with Crippen LogP contribution in [-0.2, 0) is 14.2 Å². The van der Waals surface area contributed by atoms with Gasteiger partial charge >= 0.3 is 5.97 Å². The van der Waals surface area contributed by atoms with Crippen molar-refractivity contribution >= 4 is 5.97 Å². The zero-order valence-electron chi connectivity index (χ0n) is 17.4. The van der Waals surface area contributed by atoms with E-state index in [4.69, 9.17) is 18.9 Å². The molecule has 0 spiro atoms. The quantitative estimate of drug-likeness (QED) is 0.609. The molecule has 8 heteroatoms. The maximum Gasteiger partial charge on any atom is 0.356 e. The van der Waals surface area contributed by atoms with E-state index in [2.05, 4.69) is 9.97 Å². The number of hydrogen-bond acceptors (Lipinski definition) is 8. The minimum atomic E-state index is -0.728. The summed E-state index contributed by atoms with van der Waals surface area (Å²) in [5, 5.41) is 9.38. The minimum absolute atomic E-state index is 0.139. The van der Waals surface area contributed by atoms with Gasteiger partial charge < -0.3 is 24.1 Å². The lowest BCUT2D eigenvalue weighted by atomic mass is 10.1. The van der Waals surface area contributed by atoms with Gasteiger partial charge in [0.2, 0.25) is 0 Å². The molecule has 0 amide bonds. The van der Waals surface area contributed by atoms with Crippen LogP contribution in [0, 0.1) is 0 Å². The topological polar surface area (TPSA) is 100 Å². The van der Waals surface area contributed by atoms with Crippen LogP contribution in [0.25, 0.3) is 11.4 Å². The van der Waals surface area contributed by atoms with E-state index in [0.29, 0.717) is 35.2 Å². The first kappa shape index (κ1) is 20.8. The Morgan fingerprint density at radius 2 is 1.71 bits per heavy atom. The summed E-state index contributed by atoms with van der Waals surface area (Å²) in [4.78, 5) is 21.1. The second kappa shape index (κ2) is 8.33. The summed E-state index contributed by atoms with van der Waals surface area (Å²) in [6.45, 7) is 3.97. The maximum absolute atomic E-state index is 12.2. The molecule has 0 saturated carbocycles. The zero-order chi connectivity index (χ0) is 22.0. The molecular weight excluding hydrogens is 400 g/mol. The van der Waals surface area contributed by atoms with Crippen LogP contribution in [0.4, 0.5) is 0 Å². The molecule has 0 radical (unpaired) electrons. The van der Waals surface area contributed by atoms with Crippen LogP contribution in [-0.4, -0.2) is 40.5 Å². The third kappa shape index (κ3) is 4.82. The van der Waals surface area contributed by atoms with Gasteiger partial charge in [-0.2, -0.15) is 0 Å². The maximum atomic E-state index is 12.2. The van der Waals surface area contributed by atoms with E-state index in [1.165, 1.54) is 7.11 Å². The number of rotatable bonds is 5. The summed E-state index contributed by atoms with van der Waals surface area (Å²) in [6, 6.07) is 15.1. The largest absolute Gasteiger partial charge is 0.508 e. The van der Waals surface area contributed by atoms with E-state index < -0.39 is 17.9 Å². The first-order valence-corrected chi connectivity index (χ1v) is 9.69. The number of methoxy groups -OCH3 is 1. The van der Waals surface area contributed by atoms with Gasteiger partial charge in [0.15, 0.2) is 17.3 Å². The molecule has 1 saturated heterocycles. The Labute approximate surface area is 179 Å². The first-order valence-electron chi connectivity index (χ1n) is 9.69. The molecule has 1 aliphatic heterocycles. The van der Waals surface area contributed by atoms with Gasteiger partial charge in [0.05, 0.1) is 19.4 Å². The van der Waals surface area contributed by atoms with Crippen molar-refractivity contribution in [3.63, 3.8) is 0 Å². The van der Waals surface area contributed by atoms with E-state index >= 15 is 0 Å². The molecule has 3 aromatic rings. The van der Waals surface area contributed by atoms with E-state index in [1.807, 2.05) is 13.8 Å². The molecule has 1 aromatic heterocycles. The molecule has 1 atom stereocenters. The van der Waals surface area contributed by atoms with Gasteiger partial charge in [0.1, 0.15) is 23.4 Å². The van der Waals surface area contributed by atoms with Crippen molar-refractivity contribution in [3.8, 4) is 28.6 Å². The van der Waals surface area contributed by atoms with Crippen LogP contribution < -0.4 is 4.74 Å². The lowest BCUT2D eigenvalue weighted by molar-refractivity contribution is -0.139. The number of esters is 1. The number of nitrogens with zero attached hydrogens (tertiary/aromatic N) is 2. The molecule has 4 rings (SSSR count). The average Bonchev–Trinajstić information content (AvgIpc) is 3.14. The first-order chi connectivity index (χ1) is 14.8. The number of aromatic nitrogens is 2. The average molecular weight is 422 g/mol. The van der Waals surface area contributed by atoms with Gasteiger partial charge in [-0.1, -0.05) is 0 Å². The molecule has 1 aliphatic rings. The van der Waals surface area contributed by atoms with E-state index in [0.717, 1.165) is 0 Å². The molecular formula is C23H22N2O6. The van der Waals surface area contributed by atoms with Crippen molar-refractivity contribution in [1.29, 1.82) is 0 Å². The van der Waals surface area contributed by atoms with Crippen LogP contribution in [0.15, 0.2) is 54.6 Å². The Morgan fingerprint density at radius 1 is 1.06 bits per heavy atom. The monoisotopic (exact) mass is 422 g/mol. The summed E-state index contributed by atoms with van der Waals surface area (Å²) < 4.78 is 22.1. The number of hydrogen-bond donors (Lipinski definition) is 1. The van der Waals surface area contributed by atoms with E-state index in [-0.39, 0.29) is 11.4 Å². The molecule has 2 aromatic carbocycles. The summed E-state index contributed by atoms with van der Waals surface area (Å²) in [6.07, 6.45) is -0.419. The zero-order valence-corrected chi connectivity index (χ0v) is 17.4. The van der Waals surface area contributed by atoms with E-state index in [9.17, 15) is 9.90 Å². The molecule has 1 fully saturated rings. The van der Waals surface area contributed by atoms with Gasteiger partial charge in [-0.25, -0.2) is 14.8 Å². The molecule has 8 nitrogen and oxygen atoms in total. The summed E-state index contributed by atoms with van der Waals surface area (Å²) >= 11 is 0. The Morgan fingerprint density at radius 3 is 2.29 bits per heavy atom. The molecule has 1 N–H and O–H groups in total. The second-order valence-corrected chi connectivity index (χ2v) is 7.43. The second-order valence-electron chi connectivity index (χ2n) is 7.43. The van der Waals surface area contributed by atoms with Crippen molar-refractivity contribution in [2.75, 3.05) is 13.7 Å². The fraction of sp³-hybridized carbons (Fsp3) is 0.261. The lowest BCUT2D eigenvalue weighted by Gasteiger charge is -2.17. The Balaban J connectivity index is 1.62.